The second kappa shape index (κ2) is 13.6. The van der Waals surface area contributed by atoms with Gasteiger partial charge < -0.3 is 24.2 Å². The number of aromatic amines is 2. The summed E-state index contributed by atoms with van der Waals surface area (Å²) in [4.78, 5) is 45.9. The van der Waals surface area contributed by atoms with Gasteiger partial charge in [-0.15, -0.1) is 11.8 Å². The van der Waals surface area contributed by atoms with E-state index in [0.717, 1.165) is 57.7 Å². The van der Waals surface area contributed by atoms with Crippen molar-refractivity contribution in [1.82, 2.24) is 29.7 Å². The molecule has 278 valence electrons. The zero-order chi connectivity index (χ0) is 37.8. The standard InChI is InChI=1S/C41H48N6O5S/c1-26-21-41(53-8,47(24-26)37(49)52-39(5,6)7)35-42-23-32(45-35)29-15-12-27(13-16-29)10-11-28-14-17-30-31(20-28)44-34(43-30)33-22-40(18-9-19-50-40)25-46(33)36(48)51-38(2,3)4/h12-17,20,23,33H,1,9,18-19,21-22,24-25H2,2-8H3,(H,42,45)(H,43,44). The number of likely N-dealkylation sites (tertiary alicyclic amines) is 2. The van der Waals surface area contributed by atoms with Gasteiger partial charge in [0.15, 0.2) is 4.87 Å². The van der Waals surface area contributed by atoms with E-state index in [9.17, 15) is 9.59 Å². The third-order valence-electron chi connectivity index (χ3n) is 9.78. The molecule has 0 radical (unpaired) electrons. The maximum atomic E-state index is 13.3. The molecule has 1 spiro atoms. The van der Waals surface area contributed by atoms with Gasteiger partial charge in [0.05, 0.1) is 41.1 Å². The fourth-order valence-corrected chi connectivity index (χ4v) is 8.42. The van der Waals surface area contributed by atoms with Crippen LogP contribution >= 0.6 is 11.8 Å². The molecule has 11 nitrogen and oxygen atoms in total. The van der Waals surface area contributed by atoms with Crippen molar-refractivity contribution in [1.29, 1.82) is 0 Å². The van der Waals surface area contributed by atoms with Crippen LogP contribution in [-0.2, 0) is 19.1 Å². The molecule has 3 unspecified atom stereocenters. The van der Waals surface area contributed by atoms with Crippen LogP contribution in [0.5, 0.6) is 0 Å². The molecule has 2 aromatic carbocycles. The summed E-state index contributed by atoms with van der Waals surface area (Å²) < 4.78 is 17.7. The van der Waals surface area contributed by atoms with E-state index in [0.29, 0.717) is 38.4 Å². The number of amides is 2. The van der Waals surface area contributed by atoms with Gasteiger partial charge in [-0.2, -0.15) is 0 Å². The fraction of sp³-hybridized carbons (Fsp3) is 0.463. The minimum Gasteiger partial charge on any atom is -0.444 e. The summed E-state index contributed by atoms with van der Waals surface area (Å²) in [6, 6.07) is 13.6. The lowest BCUT2D eigenvalue weighted by molar-refractivity contribution is -0.0000166. The number of imidazole rings is 2. The SMILES string of the molecule is C=C1CN(C(=O)OC(C)(C)C)C(SC)(c2ncc(-c3ccc(C#Cc4ccc5nc(C6CC7(CCCO7)CN6C(=O)OC(C)(C)C)[nH]c5c4)cc3)[nH]2)C1. The molecule has 2 aromatic heterocycles. The topological polar surface area (TPSA) is 126 Å². The lowest BCUT2D eigenvalue weighted by Gasteiger charge is -2.36. The minimum absolute atomic E-state index is 0.276. The van der Waals surface area contributed by atoms with Crippen molar-refractivity contribution < 1.29 is 23.8 Å². The van der Waals surface area contributed by atoms with Gasteiger partial charge in [-0.3, -0.25) is 9.80 Å². The molecule has 3 aliphatic rings. The molecular formula is C41H48N6O5S. The summed E-state index contributed by atoms with van der Waals surface area (Å²) in [5.74, 6) is 7.98. The molecule has 2 N–H and O–H groups in total. The van der Waals surface area contributed by atoms with Gasteiger partial charge in [0, 0.05) is 37.1 Å². The van der Waals surface area contributed by atoms with Crippen molar-refractivity contribution in [2.75, 3.05) is 26.0 Å². The van der Waals surface area contributed by atoms with Crippen LogP contribution in [0.3, 0.4) is 0 Å². The molecule has 2 amide bonds. The van der Waals surface area contributed by atoms with E-state index in [1.54, 1.807) is 27.8 Å². The summed E-state index contributed by atoms with van der Waals surface area (Å²) in [6.45, 7) is 17.0. The quantitative estimate of drug-likeness (QED) is 0.158. The van der Waals surface area contributed by atoms with Crippen LogP contribution in [0.1, 0.15) is 96.0 Å². The monoisotopic (exact) mass is 736 g/mol. The normalized spacial score (nSPS) is 23.2. The third-order valence-corrected chi connectivity index (χ3v) is 11.0. The Labute approximate surface area is 315 Å². The van der Waals surface area contributed by atoms with Crippen molar-refractivity contribution in [3.05, 3.63) is 83.6 Å². The maximum Gasteiger partial charge on any atom is 0.412 e. The van der Waals surface area contributed by atoms with Crippen LogP contribution in [0.25, 0.3) is 22.3 Å². The highest BCUT2D eigenvalue weighted by atomic mass is 32.2. The Morgan fingerprint density at radius 3 is 2.38 bits per heavy atom. The lowest BCUT2D eigenvalue weighted by atomic mass is 9.96. The molecule has 7 rings (SSSR count). The van der Waals surface area contributed by atoms with Gasteiger partial charge in [0.2, 0.25) is 0 Å². The van der Waals surface area contributed by atoms with Crippen LogP contribution in [0, 0.1) is 11.8 Å². The molecule has 3 aliphatic heterocycles. The average molecular weight is 737 g/mol. The van der Waals surface area contributed by atoms with Gasteiger partial charge in [0.25, 0.3) is 0 Å². The maximum absolute atomic E-state index is 13.3. The highest BCUT2D eigenvalue weighted by Gasteiger charge is 2.52. The first-order chi connectivity index (χ1) is 25.1. The molecule has 4 aromatic rings. The highest BCUT2D eigenvalue weighted by molar-refractivity contribution is 7.99. The number of benzene rings is 2. The number of ether oxygens (including phenoxy) is 3. The number of thioether (sulfide) groups is 1. The molecule has 3 atom stereocenters. The van der Waals surface area contributed by atoms with E-state index in [4.69, 9.17) is 24.2 Å². The zero-order valence-electron chi connectivity index (χ0n) is 31.6. The number of hydrogen-bond acceptors (Lipinski definition) is 8. The second-order valence-corrected chi connectivity index (χ2v) is 17.4. The smallest absolute Gasteiger partial charge is 0.412 e. The predicted molar refractivity (Wildman–Crippen MR) is 206 cm³/mol. The summed E-state index contributed by atoms with van der Waals surface area (Å²) >= 11 is 1.55. The summed E-state index contributed by atoms with van der Waals surface area (Å²) in [7, 11) is 0. The number of hydrogen-bond donors (Lipinski definition) is 2. The van der Waals surface area contributed by atoms with Gasteiger partial charge in [0.1, 0.15) is 22.9 Å². The molecule has 3 fully saturated rings. The highest BCUT2D eigenvalue weighted by Crippen LogP contribution is 2.48. The number of nitrogens with one attached hydrogen (secondary N) is 2. The van der Waals surface area contributed by atoms with Crippen LogP contribution in [0.15, 0.2) is 60.8 Å². The molecule has 3 saturated heterocycles. The van der Waals surface area contributed by atoms with E-state index < -0.39 is 16.1 Å². The molecule has 0 bridgehead atoms. The summed E-state index contributed by atoms with van der Waals surface area (Å²) in [6.07, 6.45) is 6.19. The third kappa shape index (κ3) is 7.55. The number of rotatable bonds is 4. The number of fused-ring (bicyclic) bond motifs is 1. The number of carbonyl (C=O) groups is 2. The molecule has 0 aliphatic carbocycles. The number of aromatic nitrogens is 4. The predicted octanol–water partition coefficient (Wildman–Crippen LogP) is 8.30. The second-order valence-electron chi connectivity index (χ2n) is 16.3. The zero-order valence-corrected chi connectivity index (χ0v) is 32.4. The lowest BCUT2D eigenvalue weighted by Crippen LogP contribution is -2.45. The first kappa shape index (κ1) is 36.6. The van der Waals surface area contributed by atoms with Crippen molar-refractivity contribution >= 4 is 35.0 Å². The van der Waals surface area contributed by atoms with Crippen molar-refractivity contribution in [3.8, 4) is 23.1 Å². The van der Waals surface area contributed by atoms with E-state index >= 15 is 0 Å². The minimum atomic E-state index is -0.735. The summed E-state index contributed by atoms with van der Waals surface area (Å²) in [5.41, 5.74) is 4.54. The molecular weight excluding hydrogens is 689 g/mol. The fourth-order valence-electron chi connectivity index (χ4n) is 7.42. The van der Waals surface area contributed by atoms with Crippen molar-refractivity contribution in [3.63, 3.8) is 0 Å². The Kier molecular flexibility index (Phi) is 9.40. The van der Waals surface area contributed by atoms with Gasteiger partial charge in [-0.05, 0) is 96.5 Å². The largest absolute Gasteiger partial charge is 0.444 e. The van der Waals surface area contributed by atoms with Crippen molar-refractivity contribution in [2.45, 2.75) is 94.9 Å². The Morgan fingerprint density at radius 1 is 1.00 bits per heavy atom. The summed E-state index contributed by atoms with van der Waals surface area (Å²) in [5, 5.41) is 0. The number of nitrogens with zero attached hydrogens (tertiary/aromatic N) is 4. The van der Waals surface area contributed by atoms with Gasteiger partial charge in [-0.1, -0.05) is 36.1 Å². The van der Waals surface area contributed by atoms with E-state index in [-0.39, 0.29) is 23.8 Å². The van der Waals surface area contributed by atoms with E-state index in [1.807, 2.05) is 90.3 Å². The van der Waals surface area contributed by atoms with E-state index in [1.165, 1.54) is 0 Å². The van der Waals surface area contributed by atoms with E-state index in [2.05, 4.69) is 28.4 Å². The van der Waals surface area contributed by atoms with Crippen LogP contribution in [-0.4, -0.2) is 84.7 Å². The molecule has 12 heteroatoms. The number of carbonyl (C=O) groups excluding carboxylic acids is 2. The van der Waals surface area contributed by atoms with Crippen LogP contribution in [0.4, 0.5) is 9.59 Å². The first-order valence-corrected chi connectivity index (χ1v) is 19.3. The first-order valence-electron chi connectivity index (χ1n) is 18.1. The Bertz CT molecular complexity index is 2110. The molecule has 53 heavy (non-hydrogen) atoms. The average Bonchev–Trinajstić information content (AvgIpc) is 3.93. The molecule has 0 saturated carbocycles. The Morgan fingerprint density at radius 2 is 1.70 bits per heavy atom. The Balaban J connectivity index is 1.07. The van der Waals surface area contributed by atoms with Gasteiger partial charge in [-0.25, -0.2) is 19.6 Å². The van der Waals surface area contributed by atoms with Crippen molar-refractivity contribution in [2.24, 2.45) is 0 Å². The van der Waals surface area contributed by atoms with Crippen LogP contribution in [0.2, 0.25) is 0 Å². The Hall–Kier alpha value is -4.73. The molecule has 5 heterocycles. The van der Waals surface area contributed by atoms with Gasteiger partial charge >= 0.3 is 12.2 Å². The number of H-pyrrole nitrogens is 2. The van der Waals surface area contributed by atoms with Crippen LogP contribution < -0.4 is 0 Å².